The first-order valence-electron chi connectivity index (χ1n) is 5.58. The Morgan fingerprint density at radius 1 is 1.38 bits per heavy atom. The van der Waals surface area contributed by atoms with Gasteiger partial charge < -0.3 is 10.6 Å². The van der Waals surface area contributed by atoms with E-state index in [0.29, 0.717) is 12.2 Å². The zero-order valence-corrected chi connectivity index (χ0v) is 10.2. The Labute approximate surface area is 96.5 Å². The van der Waals surface area contributed by atoms with Gasteiger partial charge in [0.2, 0.25) is 5.91 Å². The van der Waals surface area contributed by atoms with Gasteiger partial charge in [-0.3, -0.25) is 4.79 Å². The molecule has 0 saturated carbocycles. The number of nitrogens with zero attached hydrogens (tertiary/aromatic N) is 2. The van der Waals surface area contributed by atoms with E-state index >= 15 is 0 Å². The normalized spacial score (nSPS) is 10.2. The molecule has 0 saturated heterocycles. The molecule has 0 aromatic carbocycles. The Morgan fingerprint density at radius 2 is 2.00 bits per heavy atom. The van der Waals surface area contributed by atoms with E-state index in [1.807, 2.05) is 26.8 Å². The van der Waals surface area contributed by atoms with Gasteiger partial charge in [0.15, 0.2) is 0 Å². The summed E-state index contributed by atoms with van der Waals surface area (Å²) in [6.45, 7) is 7.35. The van der Waals surface area contributed by atoms with Crippen LogP contribution in [0.5, 0.6) is 0 Å². The first-order valence-corrected chi connectivity index (χ1v) is 5.58. The molecule has 0 aliphatic heterocycles. The lowest BCUT2D eigenvalue weighted by molar-refractivity contribution is -0.130. The van der Waals surface area contributed by atoms with Crippen LogP contribution in [0.1, 0.15) is 25.1 Å². The lowest BCUT2D eigenvalue weighted by Crippen LogP contribution is -2.32. The Morgan fingerprint density at radius 3 is 2.56 bits per heavy atom. The van der Waals surface area contributed by atoms with Crippen molar-refractivity contribution < 1.29 is 4.79 Å². The quantitative estimate of drug-likeness (QED) is 0.835. The molecule has 1 amide bonds. The molecule has 0 bridgehead atoms. The first kappa shape index (κ1) is 12.5. The van der Waals surface area contributed by atoms with Crippen LogP contribution in [0.2, 0.25) is 0 Å². The van der Waals surface area contributed by atoms with Crippen molar-refractivity contribution in [3.8, 4) is 0 Å². The lowest BCUT2D eigenvalue weighted by Gasteiger charge is -2.18. The third-order valence-electron chi connectivity index (χ3n) is 2.66. The second-order valence-corrected chi connectivity index (χ2v) is 3.74. The SMILES string of the molecule is CCN(CC)C(=O)Cc1nc(N)ccc1C. The molecule has 4 heteroatoms. The van der Waals surface area contributed by atoms with Crippen molar-refractivity contribution in [3.05, 3.63) is 23.4 Å². The Kier molecular flexibility index (Phi) is 4.28. The van der Waals surface area contributed by atoms with E-state index in [4.69, 9.17) is 5.73 Å². The number of likely N-dealkylation sites (N-methyl/N-ethyl adjacent to an activating group) is 1. The van der Waals surface area contributed by atoms with Gasteiger partial charge >= 0.3 is 0 Å². The van der Waals surface area contributed by atoms with Crippen molar-refractivity contribution in [2.75, 3.05) is 18.8 Å². The highest BCUT2D eigenvalue weighted by Gasteiger charge is 2.12. The predicted molar refractivity (Wildman–Crippen MR) is 65.0 cm³/mol. The average Bonchev–Trinajstić information content (AvgIpc) is 2.25. The highest BCUT2D eigenvalue weighted by atomic mass is 16.2. The van der Waals surface area contributed by atoms with Crippen LogP contribution >= 0.6 is 0 Å². The summed E-state index contributed by atoms with van der Waals surface area (Å²) >= 11 is 0. The maximum Gasteiger partial charge on any atom is 0.228 e. The number of nitrogen functional groups attached to an aromatic ring is 1. The number of pyridine rings is 1. The maximum atomic E-state index is 11.9. The molecular formula is C12H19N3O. The van der Waals surface area contributed by atoms with Crippen molar-refractivity contribution in [1.82, 2.24) is 9.88 Å². The fourth-order valence-electron chi connectivity index (χ4n) is 1.60. The number of nitrogens with two attached hydrogens (primary N) is 1. The number of aryl methyl sites for hydroxylation is 1. The summed E-state index contributed by atoms with van der Waals surface area (Å²) in [5, 5.41) is 0. The van der Waals surface area contributed by atoms with Crippen LogP contribution in [0.15, 0.2) is 12.1 Å². The van der Waals surface area contributed by atoms with Gasteiger partial charge in [0.1, 0.15) is 5.82 Å². The van der Waals surface area contributed by atoms with Crippen LogP contribution in [-0.2, 0) is 11.2 Å². The molecule has 0 atom stereocenters. The number of hydrogen-bond donors (Lipinski definition) is 1. The molecule has 4 nitrogen and oxygen atoms in total. The van der Waals surface area contributed by atoms with Gasteiger partial charge in [0.25, 0.3) is 0 Å². The van der Waals surface area contributed by atoms with Gasteiger partial charge in [-0.15, -0.1) is 0 Å². The molecule has 88 valence electrons. The Balaban J connectivity index is 2.80. The topological polar surface area (TPSA) is 59.2 Å². The maximum absolute atomic E-state index is 11.9. The summed E-state index contributed by atoms with van der Waals surface area (Å²) in [6, 6.07) is 3.65. The standard InChI is InChI=1S/C12H19N3O/c1-4-15(5-2)12(16)8-10-9(3)6-7-11(13)14-10/h6-7H,4-5,8H2,1-3H3,(H2,13,14). The van der Waals surface area contributed by atoms with Crippen LogP contribution in [-0.4, -0.2) is 28.9 Å². The zero-order valence-electron chi connectivity index (χ0n) is 10.2. The molecule has 16 heavy (non-hydrogen) atoms. The van der Waals surface area contributed by atoms with E-state index in [2.05, 4.69) is 4.98 Å². The number of hydrogen-bond acceptors (Lipinski definition) is 3. The Bertz CT molecular complexity index is 373. The molecule has 0 spiro atoms. The summed E-state index contributed by atoms with van der Waals surface area (Å²) in [6.07, 6.45) is 0.332. The van der Waals surface area contributed by atoms with Crippen molar-refractivity contribution in [2.24, 2.45) is 0 Å². The molecule has 0 fully saturated rings. The second kappa shape index (κ2) is 5.49. The van der Waals surface area contributed by atoms with Gasteiger partial charge in [-0.1, -0.05) is 6.07 Å². The van der Waals surface area contributed by atoms with E-state index < -0.39 is 0 Å². The molecule has 1 aromatic heterocycles. The smallest absolute Gasteiger partial charge is 0.228 e. The van der Waals surface area contributed by atoms with E-state index in [1.54, 1.807) is 11.0 Å². The van der Waals surface area contributed by atoms with Crippen LogP contribution in [0, 0.1) is 6.92 Å². The van der Waals surface area contributed by atoms with Crippen molar-refractivity contribution in [3.63, 3.8) is 0 Å². The minimum Gasteiger partial charge on any atom is -0.384 e. The van der Waals surface area contributed by atoms with E-state index in [1.165, 1.54) is 0 Å². The average molecular weight is 221 g/mol. The van der Waals surface area contributed by atoms with Crippen molar-refractivity contribution >= 4 is 11.7 Å². The largest absolute Gasteiger partial charge is 0.384 e. The van der Waals surface area contributed by atoms with E-state index in [9.17, 15) is 4.79 Å². The van der Waals surface area contributed by atoms with Gasteiger partial charge in [-0.05, 0) is 32.4 Å². The summed E-state index contributed by atoms with van der Waals surface area (Å²) in [5.41, 5.74) is 7.39. The van der Waals surface area contributed by atoms with Crippen LogP contribution in [0.4, 0.5) is 5.82 Å². The summed E-state index contributed by atoms with van der Waals surface area (Å²) < 4.78 is 0. The van der Waals surface area contributed by atoms with Gasteiger partial charge in [-0.25, -0.2) is 4.98 Å². The molecule has 1 rings (SSSR count). The lowest BCUT2D eigenvalue weighted by atomic mass is 10.1. The number of aromatic nitrogens is 1. The molecule has 1 heterocycles. The predicted octanol–water partition coefficient (Wildman–Crippen LogP) is 1.38. The van der Waals surface area contributed by atoms with Gasteiger partial charge in [0, 0.05) is 13.1 Å². The molecule has 2 N–H and O–H groups in total. The highest BCUT2D eigenvalue weighted by Crippen LogP contribution is 2.09. The van der Waals surface area contributed by atoms with Gasteiger partial charge in [-0.2, -0.15) is 0 Å². The fraction of sp³-hybridized carbons (Fsp3) is 0.500. The fourth-order valence-corrected chi connectivity index (χ4v) is 1.60. The van der Waals surface area contributed by atoms with E-state index in [0.717, 1.165) is 24.3 Å². The number of rotatable bonds is 4. The summed E-state index contributed by atoms with van der Waals surface area (Å²) in [7, 11) is 0. The van der Waals surface area contributed by atoms with Crippen LogP contribution in [0.25, 0.3) is 0 Å². The third kappa shape index (κ3) is 2.95. The minimum atomic E-state index is 0.103. The summed E-state index contributed by atoms with van der Waals surface area (Å²) in [4.78, 5) is 17.9. The molecule has 0 aliphatic rings. The Hall–Kier alpha value is -1.58. The van der Waals surface area contributed by atoms with Gasteiger partial charge in [0.05, 0.1) is 12.1 Å². The summed E-state index contributed by atoms with van der Waals surface area (Å²) in [5.74, 6) is 0.569. The molecule has 1 aromatic rings. The first-order chi connectivity index (χ1) is 7.58. The van der Waals surface area contributed by atoms with Crippen molar-refractivity contribution in [2.45, 2.75) is 27.2 Å². The van der Waals surface area contributed by atoms with Crippen LogP contribution < -0.4 is 5.73 Å². The van der Waals surface area contributed by atoms with Crippen LogP contribution in [0.3, 0.4) is 0 Å². The highest BCUT2D eigenvalue weighted by molar-refractivity contribution is 5.78. The number of carbonyl (C=O) groups excluding carboxylic acids is 1. The molecule has 0 unspecified atom stereocenters. The minimum absolute atomic E-state index is 0.103. The molecular weight excluding hydrogens is 202 g/mol. The van der Waals surface area contributed by atoms with E-state index in [-0.39, 0.29) is 5.91 Å². The zero-order chi connectivity index (χ0) is 12.1. The third-order valence-corrected chi connectivity index (χ3v) is 2.66. The molecule has 0 aliphatic carbocycles. The number of anilines is 1. The number of carbonyl (C=O) groups is 1. The number of amides is 1. The molecule has 0 radical (unpaired) electrons. The van der Waals surface area contributed by atoms with Crippen molar-refractivity contribution in [1.29, 1.82) is 0 Å². The monoisotopic (exact) mass is 221 g/mol. The second-order valence-electron chi connectivity index (χ2n) is 3.74.